The van der Waals surface area contributed by atoms with Gasteiger partial charge in [-0.25, -0.2) is 4.79 Å². The number of carboxylic acids is 1. The van der Waals surface area contributed by atoms with Gasteiger partial charge >= 0.3 is 5.97 Å². The summed E-state index contributed by atoms with van der Waals surface area (Å²) in [5.74, 6) is -0.369. The van der Waals surface area contributed by atoms with Gasteiger partial charge in [-0.3, -0.25) is 4.79 Å². The summed E-state index contributed by atoms with van der Waals surface area (Å²) in [7, 11) is 0. The van der Waals surface area contributed by atoms with Crippen LogP contribution in [-0.4, -0.2) is 23.6 Å². The molecular formula is C20H21NO4. The standard InChI is InChI=1S/C20H21NO4/c1-2-13-25-18-10-5-15(6-11-18)7-12-19(22)21-14-16-3-8-17(9-4-16)20(23)24/h3-12H,2,13-14H2,1H3,(H,21,22)(H,23,24)/b12-7+. The number of rotatable bonds is 8. The van der Waals surface area contributed by atoms with Crippen molar-refractivity contribution in [2.75, 3.05) is 6.61 Å². The molecule has 0 fully saturated rings. The maximum absolute atomic E-state index is 11.9. The highest BCUT2D eigenvalue weighted by Gasteiger charge is 2.02. The van der Waals surface area contributed by atoms with Crippen LogP contribution in [0.2, 0.25) is 0 Å². The van der Waals surface area contributed by atoms with Gasteiger partial charge in [0, 0.05) is 12.6 Å². The Labute approximate surface area is 146 Å². The van der Waals surface area contributed by atoms with Gasteiger partial charge in [-0.05, 0) is 47.9 Å². The molecule has 2 rings (SSSR count). The fourth-order valence-corrected chi connectivity index (χ4v) is 2.08. The number of ether oxygens (including phenoxy) is 1. The normalized spacial score (nSPS) is 10.6. The second-order valence-electron chi connectivity index (χ2n) is 5.47. The Morgan fingerprint density at radius 3 is 2.36 bits per heavy atom. The van der Waals surface area contributed by atoms with Crippen LogP contribution in [0, 0.1) is 0 Å². The summed E-state index contributed by atoms with van der Waals surface area (Å²) in [4.78, 5) is 22.6. The minimum atomic E-state index is -0.968. The molecule has 0 atom stereocenters. The maximum atomic E-state index is 11.9. The van der Waals surface area contributed by atoms with E-state index in [1.807, 2.05) is 24.3 Å². The first-order valence-electron chi connectivity index (χ1n) is 8.09. The van der Waals surface area contributed by atoms with Crippen LogP contribution in [-0.2, 0) is 11.3 Å². The average molecular weight is 339 g/mol. The summed E-state index contributed by atoms with van der Waals surface area (Å²) >= 11 is 0. The largest absolute Gasteiger partial charge is 0.494 e. The number of carbonyl (C=O) groups is 2. The number of benzene rings is 2. The summed E-state index contributed by atoms with van der Waals surface area (Å²) in [5.41, 5.74) is 1.97. The fourth-order valence-electron chi connectivity index (χ4n) is 2.08. The molecular weight excluding hydrogens is 318 g/mol. The molecule has 0 saturated carbocycles. The molecule has 0 radical (unpaired) electrons. The lowest BCUT2D eigenvalue weighted by atomic mass is 10.1. The summed E-state index contributed by atoms with van der Waals surface area (Å²) < 4.78 is 5.51. The van der Waals surface area contributed by atoms with Crippen LogP contribution < -0.4 is 10.1 Å². The van der Waals surface area contributed by atoms with Crippen molar-refractivity contribution in [3.8, 4) is 5.75 Å². The number of carbonyl (C=O) groups excluding carboxylic acids is 1. The lowest BCUT2D eigenvalue weighted by molar-refractivity contribution is -0.116. The summed E-state index contributed by atoms with van der Waals surface area (Å²) in [6, 6.07) is 13.9. The van der Waals surface area contributed by atoms with Crippen molar-refractivity contribution in [3.05, 3.63) is 71.3 Å². The van der Waals surface area contributed by atoms with Gasteiger partial charge in [0.2, 0.25) is 5.91 Å². The van der Waals surface area contributed by atoms with Crippen molar-refractivity contribution in [1.29, 1.82) is 0 Å². The number of amides is 1. The Balaban J connectivity index is 1.82. The lowest BCUT2D eigenvalue weighted by Gasteiger charge is -2.04. The van der Waals surface area contributed by atoms with Gasteiger partial charge in [-0.2, -0.15) is 0 Å². The Hall–Kier alpha value is -3.08. The average Bonchev–Trinajstić information content (AvgIpc) is 2.64. The van der Waals surface area contributed by atoms with E-state index in [-0.39, 0.29) is 11.5 Å². The van der Waals surface area contributed by atoms with Crippen molar-refractivity contribution in [1.82, 2.24) is 5.32 Å². The maximum Gasteiger partial charge on any atom is 0.335 e. The summed E-state index contributed by atoms with van der Waals surface area (Å²) in [6.45, 7) is 3.08. The van der Waals surface area contributed by atoms with E-state index in [9.17, 15) is 9.59 Å². The number of carboxylic acid groups (broad SMARTS) is 1. The molecule has 5 heteroatoms. The van der Waals surface area contributed by atoms with E-state index >= 15 is 0 Å². The predicted octanol–water partition coefficient (Wildman–Crippen LogP) is 3.50. The zero-order valence-corrected chi connectivity index (χ0v) is 14.1. The van der Waals surface area contributed by atoms with Crippen LogP contribution in [0.15, 0.2) is 54.6 Å². The third-order valence-corrected chi connectivity index (χ3v) is 3.45. The van der Waals surface area contributed by atoms with Crippen LogP contribution in [0.5, 0.6) is 5.75 Å². The molecule has 1 amide bonds. The van der Waals surface area contributed by atoms with Gasteiger partial charge in [-0.15, -0.1) is 0 Å². The highest BCUT2D eigenvalue weighted by molar-refractivity contribution is 5.91. The van der Waals surface area contributed by atoms with Crippen molar-refractivity contribution in [3.63, 3.8) is 0 Å². The van der Waals surface area contributed by atoms with E-state index < -0.39 is 5.97 Å². The Morgan fingerprint density at radius 2 is 1.76 bits per heavy atom. The topological polar surface area (TPSA) is 75.6 Å². The molecule has 0 saturated heterocycles. The van der Waals surface area contributed by atoms with E-state index in [1.165, 1.54) is 18.2 Å². The molecule has 2 aromatic carbocycles. The van der Waals surface area contributed by atoms with Crippen LogP contribution in [0.1, 0.15) is 34.8 Å². The first-order valence-corrected chi connectivity index (χ1v) is 8.09. The molecule has 0 bridgehead atoms. The van der Waals surface area contributed by atoms with E-state index in [4.69, 9.17) is 9.84 Å². The first-order chi connectivity index (χ1) is 12.1. The Bertz CT molecular complexity index is 733. The quantitative estimate of drug-likeness (QED) is 0.722. The zero-order valence-electron chi connectivity index (χ0n) is 14.1. The Kier molecular flexibility index (Phi) is 6.77. The molecule has 130 valence electrons. The van der Waals surface area contributed by atoms with Crippen molar-refractivity contribution >= 4 is 18.0 Å². The second-order valence-corrected chi connectivity index (χ2v) is 5.47. The lowest BCUT2D eigenvalue weighted by Crippen LogP contribution is -2.20. The molecule has 0 spiro atoms. The third kappa shape index (κ3) is 6.14. The van der Waals surface area contributed by atoms with Gasteiger partial charge in [-0.1, -0.05) is 31.2 Å². The zero-order chi connectivity index (χ0) is 18.1. The minimum Gasteiger partial charge on any atom is -0.494 e. The number of hydrogen-bond acceptors (Lipinski definition) is 3. The van der Waals surface area contributed by atoms with Gasteiger partial charge in [0.05, 0.1) is 12.2 Å². The molecule has 0 heterocycles. The molecule has 2 N–H and O–H groups in total. The number of aromatic carboxylic acids is 1. The van der Waals surface area contributed by atoms with Crippen LogP contribution in [0.4, 0.5) is 0 Å². The minimum absolute atomic E-state index is 0.214. The molecule has 5 nitrogen and oxygen atoms in total. The fraction of sp³-hybridized carbons (Fsp3) is 0.200. The third-order valence-electron chi connectivity index (χ3n) is 3.45. The molecule has 0 aromatic heterocycles. The van der Waals surface area contributed by atoms with Crippen molar-refractivity contribution in [2.24, 2.45) is 0 Å². The van der Waals surface area contributed by atoms with Gasteiger partial charge in [0.15, 0.2) is 0 Å². The van der Waals surface area contributed by atoms with E-state index in [1.54, 1.807) is 18.2 Å². The summed E-state index contributed by atoms with van der Waals surface area (Å²) in [6.07, 6.45) is 4.15. The van der Waals surface area contributed by atoms with E-state index in [2.05, 4.69) is 12.2 Å². The highest BCUT2D eigenvalue weighted by atomic mass is 16.5. The van der Waals surface area contributed by atoms with Crippen molar-refractivity contribution in [2.45, 2.75) is 19.9 Å². The molecule has 2 aromatic rings. The smallest absolute Gasteiger partial charge is 0.335 e. The van der Waals surface area contributed by atoms with Gasteiger partial charge in [0.25, 0.3) is 0 Å². The SMILES string of the molecule is CCCOc1ccc(/C=C/C(=O)NCc2ccc(C(=O)O)cc2)cc1. The van der Waals surface area contributed by atoms with Crippen LogP contribution >= 0.6 is 0 Å². The van der Waals surface area contributed by atoms with Crippen LogP contribution in [0.25, 0.3) is 6.08 Å². The van der Waals surface area contributed by atoms with Gasteiger partial charge < -0.3 is 15.2 Å². The van der Waals surface area contributed by atoms with E-state index in [0.717, 1.165) is 23.3 Å². The highest BCUT2D eigenvalue weighted by Crippen LogP contribution is 2.13. The van der Waals surface area contributed by atoms with E-state index in [0.29, 0.717) is 13.2 Å². The molecule has 0 aliphatic heterocycles. The number of nitrogens with one attached hydrogen (secondary N) is 1. The van der Waals surface area contributed by atoms with Crippen LogP contribution in [0.3, 0.4) is 0 Å². The monoisotopic (exact) mass is 339 g/mol. The first kappa shape index (κ1) is 18.3. The van der Waals surface area contributed by atoms with Crippen molar-refractivity contribution < 1.29 is 19.4 Å². The number of hydrogen-bond donors (Lipinski definition) is 2. The second kappa shape index (κ2) is 9.27. The summed E-state index contributed by atoms with van der Waals surface area (Å²) in [5, 5.41) is 11.6. The Morgan fingerprint density at radius 1 is 1.08 bits per heavy atom. The molecule has 0 aliphatic rings. The molecule has 0 unspecified atom stereocenters. The molecule has 25 heavy (non-hydrogen) atoms. The molecule has 0 aliphatic carbocycles. The predicted molar refractivity (Wildman–Crippen MR) is 96.5 cm³/mol. The van der Waals surface area contributed by atoms with Gasteiger partial charge in [0.1, 0.15) is 5.75 Å².